The average molecular weight is 665 g/mol. The summed E-state index contributed by atoms with van der Waals surface area (Å²) < 4.78 is 12.0. The van der Waals surface area contributed by atoms with E-state index >= 15 is 0 Å². The monoisotopic (exact) mass is 665 g/mol. The Kier molecular flexibility index (Phi) is 33.5. The molecule has 0 spiro atoms. The molecule has 0 N–H and O–H groups in total. The Balaban J connectivity index is 3.85. The van der Waals surface area contributed by atoms with Gasteiger partial charge in [0.1, 0.15) is 13.2 Å². The van der Waals surface area contributed by atoms with Crippen LogP contribution in [0.15, 0.2) is 12.2 Å². The molecule has 0 rings (SSSR count). The standard InChI is InChI=1S/C42H82NO4/c1-6-8-10-12-14-16-18-20-22-24-26-28-30-32-34-36-41(44)46-39-40(38-43(3,4)5)47-42(45)37-35-33-31-29-27-25-23-21-19-17-15-13-11-9-7-2/h20,22,40H,6-19,21,23-39H2,1-5H3/q+1/b22-20+. The van der Waals surface area contributed by atoms with Crippen LogP contribution in [0.4, 0.5) is 0 Å². The molecule has 0 aromatic heterocycles. The number of quaternary nitrogens is 1. The van der Waals surface area contributed by atoms with Gasteiger partial charge in [-0.2, -0.15) is 0 Å². The first-order valence-electron chi connectivity index (χ1n) is 20.6. The number of hydrogen-bond acceptors (Lipinski definition) is 4. The Morgan fingerprint density at radius 3 is 1.21 bits per heavy atom. The van der Waals surface area contributed by atoms with Crippen LogP contribution in [-0.2, 0) is 19.1 Å². The van der Waals surface area contributed by atoms with Crippen molar-refractivity contribution in [3.05, 3.63) is 12.2 Å². The van der Waals surface area contributed by atoms with Crippen molar-refractivity contribution in [2.24, 2.45) is 0 Å². The zero-order valence-corrected chi connectivity index (χ0v) is 32.4. The van der Waals surface area contributed by atoms with Crippen molar-refractivity contribution in [3.8, 4) is 0 Å². The van der Waals surface area contributed by atoms with Crippen molar-refractivity contribution in [1.82, 2.24) is 0 Å². The van der Waals surface area contributed by atoms with Gasteiger partial charge in [-0.1, -0.05) is 167 Å². The fourth-order valence-corrected chi connectivity index (χ4v) is 6.22. The molecular formula is C42H82NO4+. The van der Waals surface area contributed by atoms with Gasteiger partial charge in [-0.05, 0) is 38.5 Å². The Morgan fingerprint density at radius 2 is 0.830 bits per heavy atom. The van der Waals surface area contributed by atoms with E-state index in [1.807, 2.05) is 0 Å². The third kappa shape index (κ3) is 37.3. The fourth-order valence-electron chi connectivity index (χ4n) is 6.22. The molecular weight excluding hydrogens is 582 g/mol. The molecule has 47 heavy (non-hydrogen) atoms. The largest absolute Gasteiger partial charge is 0.461 e. The minimum atomic E-state index is -0.392. The van der Waals surface area contributed by atoms with Crippen LogP contribution in [0.1, 0.15) is 206 Å². The lowest BCUT2D eigenvalue weighted by Crippen LogP contribution is -2.45. The summed E-state index contributed by atoms with van der Waals surface area (Å²) in [5, 5.41) is 0. The van der Waals surface area contributed by atoms with Crippen LogP contribution in [0, 0.1) is 0 Å². The summed E-state index contributed by atoms with van der Waals surface area (Å²) in [6, 6.07) is 0. The molecule has 0 fully saturated rings. The van der Waals surface area contributed by atoms with E-state index < -0.39 is 6.10 Å². The van der Waals surface area contributed by atoms with Gasteiger partial charge in [0, 0.05) is 12.8 Å². The molecule has 0 aliphatic carbocycles. The summed E-state index contributed by atoms with van der Waals surface area (Å²) in [6.45, 7) is 5.33. The summed E-state index contributed by atoms with van der Waals surface area (Å²) in [5.74, 6) is -0.334. The summed E-state index contributed by atoms with van der Waals surface area (Å²) in [7, 11) is 6.22. The highest BCUT2D eigenvalue weighted by molar-refractivity contribution is 5.70. The van der Waals surface area contributed by atoms with Crippen molar-refractivity contribution in [2.45, 2.75) is 213 Å². The third-order valence-electron chi connectivity index (χ3n) is 9.11. The third-order valence-corrected chi connectivity index (χ3v) is 9.11. The summed E-state index contributed by atoms with van der Waals surface area (Å²) in [5.41, 5.74) is 0. The van der Waals surface area contributed by atoms with E-state index in [1.165, 1.54) is 154 Å². The van der Waals surface area contributed by atoms with E-state index in [-0.39, 0.29) is 18.5 Å². The van der Waals surface area contributed by atoms with Crippen molar-refractivity contribution in [3.63, 3.8) is 0 Å². The van der Waals surface area contributed by atoms with Gasteiger partial charge in [-0.25, -0.2) is 0 Å². The molecule has 0 aromatic carbocycles. The topological polar surface area (TPSA) is 52.6 Å². The zero-order chi connectivity index (χ0) is 34.7. The van der Waals surface area contributed by atoms with Crippen LogP contribution >= 0.6 is 0 Å². The highest BCUT2D eigenvalue weighted by Crippen LogP contribution is 2.15. The van der Waals surface area contributed by atoms with E-state index in [2.05, 4.69) is 47.1 Å². The molecule has 0 amide bonds. The number of likely N-dealkylation sites (N-methyl/N-ethyl adjacent to an activating group) is 1. The van der Waals surface area contributed by atoms with Gasteiger partial charge in [-0.3, -0.25) is 9.59 Å². The summed E-state index contributed by atoms with van der Waals surface area (Å²) in [4.78, 5) is 25.0. The maximum Gasteiger partial charge on any atom is 0.306 e. The predicted molar refractivity (Wildman–Crippen MR) is 203 cm³/mol. The van der Waals surface area contributed by atoms with Crippen LogP contribution in [0.3, 0.4) is 0 Å². The SMILES string of the molecule is CCCCCCCC/C=C/CCCCCCCC(=O)OCC(C[N+](C)(C)C)OC(=O)CCCCCCCCCCCCCCCCC. The number of allylic oxidation sites excluding steroid dienone is 2. The summed E-state index contributed by atoms with van der Waals surface area (Å²) in [6.07, 6.45) is 41.0. The molecule has 1 unspecified atom stereocenters. The second-order valence-corrected chi connectivity index (χ2v) is 15.3. The van der Waals surface area contributed by atoms with Gasteiger partial charge < -0.3 is 14.0 Å². The van der Waals surface area contributed by atoms with Gasteiger partial charge in [0.2, 0.25) is 0 Å². The first kappa shape index (κ1) is 45.6. The van der Waals surface area contributed by atoms with Crippen molar-refractivity contribution < 1.29 is 23.5 Å². The first-order valence-corrected chi connectivity index (χ1v) is 20.6. The predicted octanol–water partition coefficient (Wildman–Crippen LogP) is 12.4. The summed E-state index contributed by atoms with van der Waals surface area (Å²) >= 11 is 0. The minimum absolute atomic E-state index is 0.157. The highest BCUT2D eigenvalue weighted by Gasteiger charge is 2.23. The number of carbonyl (C=O) groups excluding carboxylic acids is 2. The average Bonchev–Trinajstić information content (AvgIpc) is 3.03. The number of carbonyl (C=O) groups is 2. The van der Waals surface area contributed by atoms with Crippen LogP contribution < -0.4 is 0 Å². The van der Waals surface area contributed by atoms with Gasteiger partial charge in [0.15, 0.2) is 6.10 Å². The first-order chi connectivity index (χ1) is 22.8. The van der Waals surface area contributed by atoms with Crippen molar-refractivity contribution in [2.75, 3.05) is 34.3 Å². The molecule has 0 saturated heterocycles. The molecule has 0 aliphatic heterocycles. The quantitative estimate of drug-likeness (QED) is 0.0289. The van der Waals surface area contributed by atoms with Gasteiger partial charge in [0.25, 0.3) is 0 Å². The molecule has 0 bridgehead atoms. The number of nitrogens with zero attached hydrogens (tertiary/aromatic N) is 1. The molecule has 0 saturated carbocycles. The number of hydrogen-bond donors (Lipinski definition) is 0. The second kappa shape index (κ2) is 34.5. The lowest BCUT2D eigenvalue weighted by atomic mass is 10.0. The normalized spacial score (nSPS) is 12.5. The van der Waals surface area contributed by atoms with Crippen LogP contribution in [0.2, 0.25) is 0 Å². The Morgan fingerprint density at radius 1 is 0.489 bits per heavy atom. The molecule has 278 valence electrons. The molecule has 0 heterocycles. The lowest BCUT2D eigenvalue weighted by Gasteiger charge is -2.28. The smallest absolute Gasteiger partial charge is 0.306 e. The fraction of sp³-hybridized carbons (Fsp3) is 0.905. The number of rotatable bonds is 36. The van der Waals surface area contributed by atoms with E-state index in [4.69, 9.17) is 9.47 Å². The van der Waals surface area contributed by atoms with E-state index in [9.17, 15) is 9.59 Å². The second-order valence-electron chi connectivity index (χ2n) is 15.3. The van der Waals surface area contributed by atoms with Crippen molar-refractivity contribution >= 4 is 11.9 Å². The number of esters is 2. The minimum Gasteiger partial charge on any atom is -0.461 e. The lowest BCUT2D eigenvalue weighted by molar-refractivity contribution is -0.873. The molecule has 1 atom stereocenters. The Hall–Kier alpha value is -1.36. The molecule has 5 nitrogen and oxygen atoms in total. The van der Waals surface area contributed by atoms with Crippen LogP contribution in [0.25, 0.3) is 0 Å². The molecule has 5 heteroatoms. The van der Waals surface area contributed by atoms with Crippen LogP contribution in [0.5, 0.6) is 0 Å². The molecule has 0 radical (unpaired) electrons. The van der Waals surface area contributed by atoms with Gasteiger partial charge in [-0.15, -0.1) is 0 Å². The van der Waals surface area contributed by atoms with E-state index in [0.29, 0.717) is 23.9 Å². The Bertz CT molecular complexity index is 714. The zero-order valence-electron chi connectivity index (χ0n) is 32.4. The highest BCUT2D eigenvalue weighted by atomic mass is 16.6. The van der Waals surface area contributed by atoms with E-state index in [1.54, 1.807) is 0 Å². The van der Waals surface area contributed by atoms with Gasteiger partial charge in [0.05, 0.1) is 21.1 Å². The van der Waals surface area contributed by atoms with Crippen LogP contribution in [-0.4, -0.2) is 56.8 Å². The number of ether oxygens (including phenoxy) is 2. The molecule has 0 aromatic rings. The van der Waals surface area contributed by atoms with Crippen molar-refractivity contribution in [1.29, 1.82) is 0 Å². The maximum absolute atomic E-state index is 12.6. The Labute approximate surface area is 294 Å². The molecule has 0 aliphatic rings. The number of unbranched alkanes of at least 4 members (excludes halogenated alkanes) is 25. The maximum atomic E-state index is 12.6. The van der Waals surface area contributed by atoms with Gasteiger partial charge >= 0.3 is 11.9 Å². The van der Waals surface area contributed by atoms with E-state index in [0.717, 1.165) is 25.7 Å².